The molecular weight excluding hydrogens is 414 g/mol. The van der Waals surface area contributed by atoms with E-state index in [1.807, 2.05) is 24.3 Å². The summed E-state index contributed by atoms with van der Waals surface area (Å²) in [4.78, 5) is 16.2. The highest BCUT2D eigenvalue weighted by atomic mass is 16.5. The summed E-state index contributed by atoms with van der Waals surface area (Å²) in [6, 6.07) is 21.6. The highest BCUT2D eigenvalue weighted by Gasteiger charge is 2.29. The fourth-order valence-corrected chi connectivity index (χ4v) is 4.54. The Morgan fingerprint density at radius 3 is 2.24 bits per heavy atom. The third-order valence-corrected chi connectivity index (χ3v) is 6.23. The molecule has 2 unspecified atom stereocenters. The quantitative estimate of drug-likeness (QED) is 0.317. The van der Waals surface area contributed by atoms with Crippen molar-refractivity contribution >= 4 is 12.0 Å². The molecule has 1 saturated heterocycles. The molecule has 2 atom stereocenters. The van der Waals surface area contributed by atoms with Crippen LogP contribution in [0, 0.1) is 0 Å². The van der Waals surface area contributed by atoms with E-state index in [0.717, 1.165) is 43.1 Å². The second-order valence-corrected chi connectivity index (χ2v) is 8.79. The lowest BCUT2D eigenvalue weighted by molar-refractivity contribution is -0.124. The topological polar surface area (TPSA) is 69.0 Å². The van der Waals surface area contributed by atoms with Crippen LogP contribution in [-0.2, 0) is 17.9 Å². The van der Waals surface area contributed by atoms with Gasteiger partial charge in [-0.25, -0.2) is 5.48 Å². The minimum absolute atomic E-state index is 0.448. The molecule has 1 aliphatic heterocycles. The Hall–Kier alpha value is -3.19. The Labute approximate surface area is 195 Å². The minimum atomic E-state index is -0.534. The normalized spacial score (nSPS) is 19.7. The molecule has 0 saturated carbocycles. The molecular formula is C27H31N3O3. The van der Waals surface area contributed by atoms with Gasteiger partial charge >= 0.3 is 0 Å². The maximum absolute atomic E-state index is 11.1. The van der Waals surface area contributed by atoms with Gasteiger partial charge in [0.25, 0.3) is 5.91 Å². The van der Waals surface area contributed by atoms with E-state index < -0.39 is 5.91 Å². The summed E-state index contributed by atoms with van der Waals surface area (Å²) < 4.78 is 5.49. The molecule has 0 aliphatic carbocycles. The predicted octanol–water partition coefficient (Wildman–Crippen LogP) is 4.56. The highest BCUT2D eigenvalue weighted by Crippen LogP contribution is 2.23. The Kier molecular flexibility index (Phi) is 7.40. The molecule has 2 N–H and O–H groups in total. The molecule has 172 valence electrons. The molecule has 0 radical (unpaired) electrons. The smallest absolute Gasteiger partial charge is 0.267 e. The van der Waals surface area contributed by atoms with Gasteiger partial charge in [0.2, 0.25) is 0 Å². The van der Waals surface area contributed by atoms with Gasteiger partial charge in [0.1, 0.15) is 5.76 Å². The average molecular weight is 446 g/mol. The molecule has 1 aromatic heterocycles. The van der Waals surface area contributed by atoms with E-state index in [1.54, 1.807) is 17.8 Å². The lowest BCUT2D eigenvalue weighted by atomic mass is 10.0. The number of nitrogens with one attached hydrogen (secondary N) is 1. The van der Waals surface area contributed by atoms with Crippen molar-refractivity contribution in [1.29, 1.82) is 0 Å². The first-order chi connectivity index (χ1) is 16.0. The highest BCUT2D eigenvalue weighted by molar-refractivity contribution is 5.90. The van der Waals surface area contributed by atoms with Crippen LogP contribution < -0.4 is 5.48 Å². The number of nitrogens with zero attached hydrogens (tertiary/aromatic N) is 2. The first-order valence-corrected chi connectivity index (χ1v) is 11.3. The monoisotopic (exact) mass is 445 g/mol. The Morgan fingerprint density at radius 1 is 1.00 bits per heavy atom. The van der Waals surface area contributed by atoms with Gasteiger partial charge in [-0.2, -0.15) is 0 Å². The number of benzene rings is 2. The van der Waals surface area contributed by atoms with Crippen molar-refractivity contribution in [2.45, 2.75) is 39.0 Å². The standard InChI is InChI=1S/C27H31N3O3/c1-20-16-29(18-23-9-12-25(13-10-23)26-4-3-15-33-26)17-21(2)30(20)19-24-7-5-22(6-8-24)11-14-27(31)28-32/h3-15,20-21,32H,16-19H2,1-2H3,(H,28,31)/b14-11+. The van der Waals surface area contributed by atoms with Crippen LogP contribution >= 0.6 is 0 Å². The maximum atomic E-state index is 11.1. The zero-order chi connectivity index (χ0) is 23.2. The van der Waals surface area contributed by atoms with Crippen molar-refractivity contribution in [3.05, 3.63) is 89.7 Å². The lowest BCUT2D eigenvalue weighted by Crippen LogP contribution is -2.55. The Bertz CT molecular complexity index is 1050. The molecule has 0 bridgehead atoms. The Balaban J connectivity index is 1.32. The van der Waals surface area contributed by atoms with Crippen molar-refractivity contribution in [1.82, 2.24) is 15.3 Å². The average Bonchev–Trinajstić information content (AvgIpc) is 3.36. The number of furan rings is 1. The molecule has 1 aliphatic rings. The Morgan fingerprint density at radius 2 is 1.64 bits per heavy atom. The fourth-order valence-electron chi connectivity index (χ4n) is 4.54. The van der Waals surface area contributed by atoms with Gasteiger partial charge in [0, 0.05) is 49.9 Å². The van der Waals surface area contributed by atoms with Crippen molar-refractivity contribution in [3.63, 3.8) is 0 Å². The number of hydrogen-bond acceptors (Lipinski definition) is 5. The molecule has 6 nitrogen and oxygen atoms in total. The number of rotatable bonds is 7. The van der Waals surface area contributed by atoms with E-state index >= 15 is 0 Å². The summed E-state index contributed by atoms with van der Waals surface area (Å²) in [7, 11) is 0. The summed E-state index contributed by atoms with van der Waals surface area (Å²) in [6.07, 6.45) is 4.69. The third-order valence-electron chi connectivity index (χ3n) is 6.23. The molecule has 0 spiro atoms. The fraction of sp³-hybridized carbons (Fsp3) is 0.296. The van der Waals surface area contributed by atoms with Gasteiger partial charge in [0.15, 0.2) is 0 Å². The van der Waals surface area contributed by atoms with Crippen LogP contribution in [0.2, 0.25) is 0 Å². The van der Waals surface area contributed by atoms with E-state index in [0.29, 0.717) is 12.1 Å². The zero-order valence-electron chi connectivity index (χ0n) is 19.1. The minimum Gasteiger partial charge on any atom is -0.464 e. The summed E-state index contributed by atoms with van der Waals surface area (Å²) in [5.74, 6) is 0.366. The van der Waals surface area contributed by atoms with Gasteiger partial charge < -0.3 is 4.42 Å². The van der Waals surface area contributed by atoms with Gasteiger partial charge in [0.05, 0.1) is 6.26 Å². The molecule has 33 heavy (non-hydrogen) atoms. The van der Waals surface area contributed by atoms with Crippen molar-refractivity contribution < 1.29 is 14.4 Å². The molecule has 2 aromatic carbocycles. The van der Waals surface area contributed by atoms with Crippen molar-refractivity contribution in [2.75, 3.05) is 13.1 Å². The summed E-state index contributed by atoms with van der Waals surface area (Å²) in [6.45, 7) is 8.50. The molecule has 6 heteroatoms. The summed E-state index contributed by atoms with van der Waals surface area (Å²) in [5.41, 5.74) is 6.19. The molecule has 4 rings (SSSR count). The van der Waals surface area contributed by atoms with E-state index in [-0.39, 0.29) is 0 Å². The molecule has 1 fully saturated rings. The SMILES string of the molecule is CC1CN(Cc2ccc(-c3ccco3)cc2)CC(C)N1Cc1ccc(/C=C/C(=O)NO)cc1. The largest absolute Gasteiger partial charge is 0.464 e. The molecule has 2 heterocycles. The predicted molar refractivity (Wildman–Crippen MR) is 129 cm³/mol. The van der Waals surface area contributed by atoms with Crippen LogP contribution in [0.4, 0.5) is 0 Å². The lowest BCUT2D eigenvalue weighted by Gasteiger charge is -2.44. The number of carbonyl (C=O) groups excluding carboxylic acids is 1. The summed E-state index contributed by atoms with van der Waals surface area (Å²) >= 11 is 0. The van der Waals surface area contributed by atoms with E-state index in [1.165, 1.54) is 17.2 Å². The number of hydrogen-bond donors (Lipinski definition) is 2. The van der Waals surface area contributed by atoms with Gasteiger partial charge in [-0.05, 0) is 48.7 Å². The van der Waals surface area contributed by atoms with Gasteiger partial charge in [-0.15, -0.1) is 0 Å². The van der Waals surface area contributed by atoms with Crippen LogP contribution in [0.1, 0.15) is 30.5 Å². The number of piperazine rings is 1. The summed E-state index contributed by atoms with van der Waals surface area (Å²) in [5, 5.41) is 8.57. The number of hydroxylamine groups is 1. The van der Waals surface area contributed by atoms with Crippen LogP contribution in [0.25, 0.3) is 17.4 Å². The molecule has 1 amide bonds. The van der Waals surface area contributed by atoms with Crippen molar-refractivity contribution in [3.8, 4) is 11.3 Å². The second-order valence-electron chi connectivity index (χ2n) is 8.79. The van der Waals surface area contributed by atoms with E-state index in [2.05, 4.69) is 60.0 Å². The van der Waals surface area contributed by atoms with Crippen LogP contribution in [0.15, 0.2) is 77.4 Å². The zero-order valence-corrected chi connectivity index (χ0v) is 19.1. The van der Waals surface area contributed by atoms with Gasteiger partial charge in [-0.1, -0.05) is 48.5 Å². The maximum Gasteiger partial charge on any atom is 0.267 e. The van der Waals surface area contributed by atoms with E-state index in [4.69, 9.17) is 9.62 Å². The van der Waals surface area contributed by atoms with Gasteiger partial charge in [-0.3, -0.25) is 19.8 Å². The van der Waals surface area contributed by atoms with Crippen LogP contribution in [-0.4, -0.2) is 46.1 Å². The second kappa shape index (κ2) is 10.6. The number of carbonyl (C=O) groups is 1. The molecule has 3 aromatic rings. The van der Waals surface area contributed by atoms with Crippen LogP contribution in [0.3, 0.4) is 0 Å². The number of amides is 1. The van der Waals surface area contributed by atoms with E-state index in [9.17, 15) is 4.79 Å². The third kappa shape index (κ3) is 5.99. The van der Waals surface area contributed by atoms with Crippen LogP contribution in [0.5, 0.6) is 0 Å². The first-order valence-electron chi connectivity index (χ1n) is 11.3. The first kappa shape index (κ1) is 23.0. The van der Waals surface area contributed by atoms with Crippen molar-refractivity contribution in [2.24, 2.45) is 0 Å².